The summed E-state index contributed by atoms with van der Waals surface area (Å²) in [5.74, 6) is 1.66. The zero-order valence-electron chi connectivity index (χ0n) is 12.9. The molecule has 3 aromatic rings. The summed E-state index contributed by atoms with van der Waals surface area (Å²) in [6.45, 7) is 0. The van der Waals surface area contributed by atoms with Crippen molar-refractivity contribution in [3.8, 4) is 11.6 Å². The molecule has 2 aromatic heterocycles. The highest BCUT2D eigenvalue weighted by molar-refractivity contribution is 7.99. The second-order valence-corrected chi connectivity index (χ2v) is 6.53. The first kappa shape index (κ1) is 15.0. The normalized spacial score (nSPS) is 13.8. The van der Waals surface area contributed by atoms with Crippen LogP contribution in [-0.2, 0) is 4.79 Å². The van der Waals surface area contributed by atoms with Gasteiger partial charge in [0.2, 0.25) is 11.7 Å². The highest BCUT2D eigenvalue weighted by Gasteiger charge is 2.31. The first-order valence-corrected chi connectivity index (χ1v) is 8.76. The Labute approximate surface area is 143 Å². The van der Waals surface area contributed by atoms with E-state index in [0.29, 0.717) is 11.8 Å². The molecule has 1 amide bonds. The molecule has 0 saturated heterocycles. The van der Waals surface area contributed by atoms with E-state index in [-0.39, 0.29) is 11.7 Å². The summed E-state index contributed by atoms with van der Waals surface area (Å²) >= 11 is 1.40. The van der Waals surface area contributed by atoms with Gasteiger partial charge in [-0.05, 0) is 37.1 Å². The van der Waals surface area contributed by atoms with Gasteiger partial charge in [-0.25, -0.2) is 0 Å². The SMILES string of the molecule is O=C(CSc1nnc(-c2ccco2)n1C1CC1)Nc1ccccc1. The van der Waals surface area contributed by atoms with E-state index < -0.39 is 0 Å². The van der Waals surface area contributed by atoms with Crippen LogP contribution in [0.5, 0.6) is 0 Å². The molecular formula is C17H16N4O2S. The zero-order chi connectivity index (χ0) is 16.4. The summed E-state index contributed by atoms with van der Waals surface area (Å²) in [6.07, 6.45) is 3.84. The van der Waals surface area contributed by atoms with Gasteiger partial charge in [-0.15, -0.1) is 10.2 Å². The van der Waals surface area contributed by atoms with Crippen LogP contribution in [-0.4, -0.2) is 26.4 Å². The van der Waals surface area contributed by atoms with Gasteiger partial charge in [0.15, 0.2) is 10.9 Å². The lowest BCUT2D eigenvalue weighted by Crippen LogP contribution is -2.14. The third-order valence-electron chi connectivity index (χ3n) is 3.71. The van der Waals surface area contributed by atoms with E-state index in [1.54, 1.807) is 6.26 Å². The molecule has 0 atom stereocenters. The zero-order valence-corrected chi connectivity index (χ0v) is 13.7. The number of aromatic nitrogens is 3. The molecule has 4 rings (SSSR count). The molecule has 0 radical (unpaired) electrons. The molecule has 122 valence electrons. The lowest BCUT2D eigenvalue weighted by molar-refractivity contribution is -0.113. The number of carbonyl (C=O) groups is 1. The average Bonchev–Trinajstić information content (AvgIpc) is 3.12. The maximum atomic E-state index is 12.1. The van der Waals surface area contributed by atoms with Crippen molar-refractivity contribution < 1.29 is 9.21 Å². The molecule has 2 heterocycles. The molecule has 1 N–H and O–H groups in total. The van der Waals surface area contributed by atoms with Crippen molar-refractivity contribution in [1.29, 1.82) is 0 Å². The van der Waals surface area contributed by atoms with Gasteiger partial charge in [0.05, 0.1) is 12.0 Å². The van der Waals surface area contributed by atoms with E-state index >= 15 is 0 Å². The number of carbonyl (C=O) groups excluding carboxylic acids is 1. The Hall–Kier alpha value is -2.54. The Balaban J connectivity index is 1.46. The number of anilines is 1. The van der Waals surface area contributed by atoms with E-state index in [1.807, 2.05) is 42.5 Å². The molecular weight excluding hydrogens is 324 g/mol. The fraction of sp³-hybridized carbons (Fsp3) is 0.235. The number of thioether (sulfide) groups is 1. The smallest absolute Gasteiger partial charge is 0.234 e. The topological polar surface area (TPSA) is 73.0 Å². The standard InChI is InChI=1S/C17H16N4O2S/c22-15(18-12-5-2-1-3-6-12)11-24-17-20-19-16(14-7-4-10-23-14)21(17)13-8-9-13/h1-7,10,13H,8-9,11H2,(H,18,22). The van der Waals surface area contributed by atoms with E-state index in [2.05, 4.69) is 20.1 Å². The first-order valence-electron chi connectivity index (χ1n) is 7.78. The largest absolute Gasteiger partial charge is 0.461 e. The molecule has 1 saturated carbocycles. The van der Waals surface area contributed by atoms with Crippen LogP contribution in [0.1, 0.15) is 18.9 Å². The van der Waals surface area contributed by atoms with Gasteiger partial charge in [0.25, 0.3) is 0 Å². The minimum absolute atomic E-state index is 0.0592. The van der Waals surface area contributed by atoms with Gasteiger partial charge < -0.3 is 9.73 Å². The average molecular weight is 340 g/mol. The van der Waals surface area contributed by atoms with Gasteiger partial charge in [-0.2, -0.15) is 0 Å². The fourth-order valence-electron chi connectivity index (χ4n) is 2.46. The number of nitrogens with one attached hydrogen (secondary N) is 1. The molecule has 0 bridgehead atoms. The van der Waals surface area contributed by atoms with Crippen molar-refractivity contribution in [2.24, 2.45) is 0 Å². The molecule has 1 aromatic carbocycles. The van der Waals surface area contributed by atoms with Crippen LogP contribution in [0.25, 0.3) is 11.6 Å². The minimum atomic E-state index is -0.0592. The Morgan fingerprint density at radius 2 is 2.04 bits per heavy atom. The predicted octanol–water partition coefficient (Wildman–Crippen LogP) is 3.60. The minimum Gasteiger partial charge on any atom is -0.461 e. The maximum absolute atomic E-state index is 12.1. The first-order chi connectivity index (χ1) is 11.8. The quantitative estimate of drug-likeness (QED) is 0.694. The predicted molar refractivity (Wildman–Crippen MR) is 91.8 cm³/mol. The van der Waals surface area contributed by atoms with Crippen molar-refractivity contribution in [2.45, 2.75) is 24.0 Å². The summed E-state index contributed by atoms with van der Waals surface area (Å²) in [7, 11) is 0. The van der Waals surface area contributed by atoms with Crippen LogP contribution in [0.3, 0.4) is 0 Å². The summed E-state index contributed by atoms with van der Waals surface area (Å²) in [6, 6.07) is 13.5. The van der Waals surface area contributed by atoms with Gasteiger partial charge in [-0.3, -0.25) is 9.36 Å². The lowest BCUT2D eigenvalue weighted by atomic mass is 10.3. The van der Waals surface area contributed by atoms with Gasteiger partial charge >= 0.3 is 0 Å². The van der Waals surface area contributed by atoms with Crippen LogP contribution < -0.4 is 5.32 Å². The van der Waals surface area contributed by atoms with Crippen molar-refractivity contribution >= 4 is 23.4 Å². The summed E-state index contributed by atoms with van der Waals surface area (Å²) < 4.78 is 7.53. The second kappa shape index (κ2) is 6.52. The number of nitrogens with zero attached hydrogens (tertiary/aromatic N) is 3. The van der Waals surface area contributed by atoms with E-state index in [9.17, 15) is 4.79 Å². The van der Waals surface area contributed by atoms with Crippen LogP contribution in [0, 0.1) is 0 Å². The molecule has 1 aliphatic rings. The number of hydrogen-bond acceptors (Lipinski definition) is 5. The van der Waals surface area contributed by atoms with Crippen molar-refractivity contribution in [1.82, 2.24) is 14.8 Å². The number of rotatable bonds is 6. The van der Waals surface area contributed by atoms with Crippen LogP contribution in [0.15, 0.2) is 58.3 Å². The molecule has 0 aliphatic heterocycles. The van der Waals surface area contributed by atoms with Crippen LogP contribution in [0.2, 0.25) is 0 Å². The van der Waals surface area contributed by atoms with E-state index in [0.717, 1.165) is 29.5 Å². The molecule has 0 spiro atoms. The number of para-hydroxylation sites is 1. The number of benzene rings is 1. The van der Waals surface area contributed by atoms with Crippen molar-refractivity contribution in [2.75, 3.05) is 11.1 Å². The highest BCUT2D eigenvalue weighted by Crippen LogP contribution is 2.41. The Morgan fingerprint density at radius 3 is 2.75 bits per heavy atom. The third kappa shape index (κ3) is 3.21. The molecule has 7 heteroatoms. The van der Waals surface area contributed by atoms with E-state index in [1.165, 1.54) is 11.8 Å². The lowest BCUT2D eigenvalue weighted by Gasteiger charge is -2.07. The monoisotopic (exact) mass is 340 g/mol. The molecule has 24 heavy (non-hydrogen) atoms. The summed E-state index contributed by atoms with van der Waals surface area (Å²) in [5, 5.41) is 12.1. The number of hydrogen-bond donors (Lipinski definition) is 1. The molecule has 1 aliphatic carbocycles. The van der Waals surface area contributed by atoms with Gasteiger partial charge in [0, 0.05) is 11.7 Å². The van der Waals surface area contributed by atoms with Crippen LogP contribution >= 0.6 is 11.8 Å². The number of amides is 1. The maximum Gasteiger partial charge on any atom is 0.234 e. The third-order valence-corrected chi connectivity index (χ3v) is 4.65. The second-order valence-electron chi connectivity index (χ2n) is 5.59. The Bertz CT molecular complexity index is 826. The molecule has 1 fully saturated rings. The van der Waals surface area contributed by atoms with Gasteiger partial charge in [-0.1, -0.05) is 30.0 Å². The van der Waals surface area contributed by atoms with Crippen molar-refractivity contribution in [3.05, 3.63) is 48.7 Å². The van der Waals surface area contributed by atoms with Crippen molar-refractivity contribution in [3.63, 3.8) is 0 Å². The highest BCUT2D eigenvalue weighted by atomic mass is 32.2. The summed E-state index contributed by atoms with van der Waals surface area (Å²) in [4.78, 5) is 12.1. The van der Waals surface area contributed by atoms with E-state index in [4.69, 9.17) is 4.42 Å². The number of furan rings is 1. The molecule has 6 nitrogen and oxygen atoms in total. The Morgan fingerprint density at radius 1 is 1.21 bits per heavy atom. The molecule has 0 unspecified atom stereocenters. The summed E-state index contributed by atoms with van der Waals surface area (Å²) in [5.41, 5.74) is 0.794. The van der Waals surface area contributed by atoms with Gasteiger partial charge in [0.1, 0.15) is 0 Å². The Kier molecular flexibility index (Phi) is 4.08. The fourth-order valence-corrected chi connectivity index (χ4v) is 3.27. The van der Waals surface area contributed by atoms with Crippen LogP contribution in [0.4, 0.5) is 5.69 Å².